The van der Waals surface area contributed by atoms with Crippen molar-refractivity contribution in [2.24, 2.45) is 0 Å². The molecule has 11 heteroatoms. The number of rotatable bonds is 10. The zero-order chi connectivity index (χ0) is 26.3. The molecule has 7 nitrogen and oxygen atoms in total. The van der Waals surface area contributed by atoms with Crippen LogP contribution in [0.4, 0.5) is 30.8 Å². The molecule has 0 radical (unpaired) electrons. The van der Waals surface area contributed by atoms with E-state index in [0.29, 0.717) is 17.0 Å². The van der Waals surface area contributed by atoms with Crippen molar-refractivity contribution in [1.29, 1.82) is 0 Å². The third-order valence-corrected chi connectivity index (χ3v) is 6.24. The van der Waals surface area contributed by atoms with Gasteiger partial charge in [0.05, 0.1) is 5.56 Å². The molecule has 0 saturated heterocycles. The standard InChI is InChI=1S/C26H22F3N5O2S/c27-26(28,29)19-11-13-20(14-12-19)30-24-32-22(18-9-5-2-6-10-18)33-25(34-24)31-21(23(35)36)16-37-15-17-7-3-1-4-8-17/h1-14,21H,15-16H2,(H,35,36)(H2,30,31,32,33,34). The Bertz CT molecular complexity index is 1320. The lowest BCUT2D eigenvalue weighted by molar-refractivity contribution is -0.138. The number of thioether (sulfide) groups is 1. The van der Waals surface area contributed by atoms with Gasteiger partial charge >= 0.3 is 12.1 Å². The van der Waals surface area contributed by atoms with Crippen molar-refractivity contribution in [1.82, 2.24) is 15.0 Å². The van der Waals surface area contributed by atoms with Gasteiger partial charge in [-0.2, -0.15) is 39.9 Å². The number of hydrogen-bond acceptors (Lipinski definition) is 7. The van der Waals surface area contributed by atoms with E-state index in [1.54, 1.807) is 24.3 Å². The lowest BCUT2D eigenvalue weighted by Crippen LogP contribution is -2.32. The highest BCUT2D eigenvalue weighted by molar-refractivity contribution is 7.98. The number of carboxylic acids is 1. The number of anilines is 3. The normalized spacial score (nSPS) is 12.1. The molecular weight excluding hydrogens is 503 g/mol. The zero-order valence-electron chi connectivity index (χ0n) is 19.3. The fraction of sp³-hybridized carbons (Fsp3) is 0.154. The molecule has 1 atom stereocenters. The Labute approximate surface area is 215 Å². The maximum Gasteiger partial charge on any atom is 0.416 e. The van der Waals surface area contributed by atoms with E-state index < -0.39 is 23.8 Å². The van der Waals surface area contributed by atoms with E-state index in [4.69, 9.17) is 0 Å². The van der Waals surface area contributed by atoms with Crippen molar-refractivity contribution in [3.8, 4) is 11.4 Å². The molecule has 1 heterocycles. The number of hydrogen-bond donors (Lipinski definition) is 3. The molecule has 37 heavy (non-hydrogen) atoms. The molecule has 0 bridgehead atoms. The van der Waals surface area contributed by atoms with Crippen LogP contribution in [-0.2, 0) is 16.7 Å². The van der Waals surface area contributed by atoms with Crippen molar-refractivity contribution < 1.29 is 23.1 Å². The number of aliphatic carboxylic acids is 1. The maximum absolute atomic E-state index is 12.9. The fourth-order valence-electron chi connectivity index (χ4n) is 3.28. The third-order valence-electron chi connectivity index (χ3n) is 5.13. The van der Waals surface area contributed by atoms with Gasteiger partial charge in [0.15, 0.2) is 5.82 Å². The molecule has 0 spiro atoms. The van der Waals surface area contributed by atoms with Crippen LogP contribution in [0.5, 0.6) is 0 Å². The molecular formula is C26H22F3N5O2S. The van der Waals surface area contributed by atoms with Gasteiger partial charge in [0.2, 0.25) is 11.9 Å². The van der Waals surface area contributed by atoms with Crippen LogP contribution in [0.2, 0.25) is 0 Å². The van der Waals surface area contributed by atoms with E-state index in [-0.39, 0.29) is 23.5 Å². The van der Waals surface area contributed by atoms with Gasteiger partial charge in [-0.1, -0.05) is 60.7 Å². The first-order valence-corrected chi connectivity index (χ1v) is 12.3. The average Bonchev–Trinajstić information content (AvgIpc) is 2.89. The Morgan fingerprint density at radius 2 is 1.49 bits per heavy atom. The van der Waals surface area contributed by atoms with Gasteiger partial charge in [-0.05, 0) is 29.8 Å². The van der Waals surface area contributed by atoms with Crippen LogP contribution in [0, 0.1) is 0 Å². The Morgan fingerprint density at radius 3 is 2.11 bits per heavy atom. The van der Waals surface area contributed by atoms with Gasteiger partial charge in [0.1, 0.15) is 6.04 Å². The van der Waals surface area contributed by atoms with Crippen LogP contribution >= 0.6 is 11.8 Å². The van der Waals surface area contributed by atoms with Crippen molar-refractivity contribution in [3.05, 3.63) is 96.1 Å². The average molecular weight is 526 g/mol. The first kappa shape index (κ1) is 26.0. The van der Waals surface area contributed by atoms with Crippen LogP contribution in [-0.4, -0.2) is 37.8 Å². The van der Waals surface area contributed by atoms with E-state index in [1.165, 1.54) is 23.9 Å². The van der Waals surface area contributed by atoms with Gasteiger partial charge in [0.25, 0.3) is 0 Å². The van der Waals surface area contributed by atoms with Crippen LogP contribution in [0.1, 0.15) is 11.1 Å². The molecule has 0 aliphatic rings. The highest BCUT2D eigenvalue weighted by Gasteiger charge is 2.30. The number of carbonyl (C=O) groups is 1. The van der Waals surface area contributed by atoms with Crippen LogP contribution in [0.15, 0.2) is 84.9 Å². The lowest BCUT2D eigenvalue weighted by Gasteiger charge is -2.16. The monoisotopic (exact) mass is 525 g/mol. The quantitative estimate of drug-likeness (QED) is 0.228. The maximum atomic E-state index is 12.9. The molecule has 1 unspecified atom stereocenters. The van der Waals surface area contributed by atoms with Gasteiger partial charge in [-0.25, -0.2) is 4.79 Å². The predicted octanol–water partition coefficient (Wildman–Crippen LogP) is 6.10. The molecule has 0 amide bonds. The van der Waals surface area contributed by atoms with Crippen LogP contribution < -0.4 is 10.6 Å². The Kier molecular flexibility index (Phi) is 8.24. The van der Waals surface area contributed by atoms with E-state index in [9.17, 15) is 23.1 Å². The second-order valence-electron chi connectivity index (χ2n) is 7.91. The summed E-state index contributed by atoms with van der Waals surface area (Å²) in [6.07, 6.45) is -4.45. The summed E-state index contributed by atoms with van der Waals surface area (Å²) in [7, 11) is 0. The molecule has 4 aromatic rings. The second-order valence-corrected chi connectivity index (χ2v) is 8.94. The van der Waals surface area contributed by atoms with Crippen LogP contribution in [0.3, 0.4) is 0 Å². The smallest absolute Gasteiger partial charge is 0.416 e. The molecule has 0 saturated carbocycles. The first-order valence-electron chi connectivity index (χ1n) is 11.1. The van der Waals surface area contributed by atoms with E-state index >= 15 is 0 Å². The highest BCUT2D eigenvalue weighted by atomic mass is 32.2. The number of aromatic nitrogens is 3. The molecule has 4 rings (SSSR count). The number of nitrogens with one attached hydrogen (secondary N) is 2. The minimum Gasteiger partial charge on any atom is -0.480 e. The molecule has 1 aromatic heterocycles. The third kappa shape index (κ3) is 7.43. The number of nitrogens with zero attached hydrogens (tertiary/aromatic N) is 3. The summed E-state index contributed by atoms with van der Waals surface area (Å²) >= 11 is 1.45. The van der Waals surface area contributed by atoms with Gasteiger partial charge < -0.3 is 15.7 Å². The van der Waals surface area contributed by atoms with Crippen molar-refractivity contribution >= 4 is 35.3 Å². The summed E-state index contributed by atoms with van der Waals surface area (Å²) in [5, 5.41) is 15.5. The van der Waals surface area contributed by atoms with Crippen LogP contribution in [0.25, 0.3) is 11.4 Å². The minimum absolute atomic E-state index is 0.0241. The molecule has 3 N–H and O–H groups in total. The minimum atomic E-state index is -4.45. The summed E-state index contributed by atoms with van der Waals surface area (Å²) in [5.74, 6) is 0.166. The Balaban J connectivity index is 1.55. The summed E-state index contributed by atoms with van der Waals surface area (Å²) in [5.41, 5.74) is 1.29. The first-order chi connectivity index (χ1) is 17.8. The summed E-state index contributed by atoms with van der Waals surface area (Å²) in [4.78, 5) is 25.0. The van der Waals surface area contributed by atoms with Crippen molar-refractivity contribution in [3.63, 3.8) is 0 Å². The molecule has 190 valence electrons. The van der Waals surface area contributed by atoms with E-state index in [2.05, 4.69) is 25.6 Å². The number of alkyl halides is 3. The fourth-order valence-corrected chi connectivity index (χ4v) is 4.29. The topological polar surface area (TPSA) is 100 Å². The summed E-state index contributed by atoms with van der Waals surface area (Å²) < 4.78 is 38.7. The molecule has 0 fully saturated rings. The lowest BCUT2D eigenvalue weighted by atomic mass is 10.2. The Morgan fingerprint density at radius 1 is 0.865 bits per heavy atom. The SMILES string of the molecule is O=C(O)C(CSCc1ccccc1)Nc1nc(Nc2ccc(C(F)(F)F)cc2)nc(-c2ccccc2)n1. The molecule has 0 aliphatic heterocycles. The number of benzene rings is 3. The number of carboxylic acid groups (broad SMARTS) is 1. The second kappa shape index (κ2) is 11.7. The van der Waals surface area contributed by atoms with Gasteiger partial charge in [-0.15, -0.1) is 0 Å². The largest absolute Gasteiger partial charge is 0.480 e. The summed E-state index contributed by atoms with van der Waals surface area (Å²) in [6, 6.07) is 22.1. The van der Waals surface area contributed by atoms with E-state index in [1.807, 2.05) is 36.4 Å². The Hall–Kier alpha value is -4.12. The van der Waals surface area contributed by atoms with Crippen molar-refractivity contribution in [2.75, 3.05) is 16.4 Å². The van der Waals surface area contributed by atoms with Crippen molar-refractivity contribution in [2.45, 2.75) is 18.0 Å². The molecule has 0 aliphatic carbocycles. The van der Waals surface area contributed by atoms with Gasteiger partial charge in [-0.3, -0.25) is 0 Å². The zero-order valence-corrected chi connectivity index (χ0v) is 20.1. The van der Waals surface area contributed by atoms with E-state index in [0.717, 1.165) is 17.7 Å². The summed E-state index contributed by atoms with van der Waals surface area (Å²) in [6.45, 7) is 0. The van der Waals surface area contributed by atoms with Gasteiger partial charge in [0, 0.05) is 22.8 Å². The predicted molar refractivity (Wildman–Crippen MR) is 138 cm³/mol. The molecule has 3 aromatic carbocycles. The number of halogens is 3. The highest BCUT2D eigenvalue weighted by Crippen LogP contribution is 2.30.